The molecule has 20 heavy (non-hydrogen) atoms. The first-order valence-corrected chi connectivity index (χ1v) is 7.96. The van der Waals surface area contributed by atoms with E-state index in [4.69, 9.17) is 11.6 Å². The van der Waals surface area contributed by atoms with Crippen LogP contribution in [0.4, 0.5) is 0 Å². The molecule has 1 aliphatic rings. The minimum Gasteiger partial charge on any atom is -0.296 e. The van der Waals surface area contributed by atoms with Gasteiger partial charge in [-0.15, -0.1) is 0 Å². The van der Waals surface area contributed by atoms with Crippen molar-refractivity contribution in [1.29, 1.82) is 0 Å². The van der Waals surface area contributed by atoms with Gasteiger partial charge in [0.25, 0.3) is 0 Å². The molecule has 1 saturated heterocycles. The van der Waals surface area contributed by atoms with Crippen molar-refractivity contribution in [2.45, 2.75) is 33.1 Å². The van der Waals surface area contributed by atoms with Crippen LogP contribution in [0.2, 0.25) is 5.02 Å². The third-order valence-electron chi connectivity index (χ3n) is 4.35. The normalized spacial score (nSPS) is 20.9. The van der Waals surface area contributed by atoms with Crippen LogP contribution in [0.25, 0.3) is 0 Å². The van der Waals surface area contributed by atoms with Gasteiger partial charge in [-0.1, -0.05) is 37.6 Å². The molecule has 0 aromatic heterocycles. The van der Waals surface area contributed by atoms with Crippen molar-refractivity contribution in [2.75, 3.05) is 19.6 Å². The highest BCUT2D eigenvalue weighted by molar-refractivity contribution is 6.34. The highest BCUT2D eigenvalue weighted by atomic mass is 35.5. The Labute approximate surface area is 127 Å². The molecule has 0 aliphatic carbocycles. The summed E-state index contributed by atoms with van der Waals surface area (Å²) in [5.74, 6) is 1.68. The molecular weight excluding hydrogens is 270 g/mol. The quantitative estimate of drug-likeness (QED) is 0.772. The number of likely N-dealkylation sites (tertiary alicyclic amines) is 1. The van der Waals surface area contributed by atoms with E-state index >= 15 is 0 Å². The number of benzene rings is 1. The first kappa shape index (κ1) is 15.5. The van der Waals surface area contributed by atoms with Gasteiger partial charge >= 0.3 is 0 Å². The number of ketones is 1. The topological polar surface area (TPSA) is 20.3 Å². The Hall–Kier alpha value is -0.860. The Morgan fingerprint density at radius 2 is 2.05 bits per heavy atom. The van der Waals surface area contributed by atoms with Gasteiger partial charge in [-0.25, -0.2) is 0 Å². The van der Waals surface area contributed by atoms with Crippen molar-refractivity contribution >= 4 is 17.4 Å². The van der Waals surface area contributed by atoms with Gasteiger partial charge in [-0.3, -0.25) is 9.69 Å². The zero-order valence-corrected chi connectivity index (χ0v) is 13.2. The summed E-state index contributed by atoms with van der Waals surface area (Å²) in [6.07, 6.45) is 3.68. The summed E-state index contributed by atoms with van der Waals surface area (Å²) in [5.41, 5.74) is 0.652. The Balaban J connectivity index is 1.94. The highest BCUT2D eigenvalue weighted by Gasteiger charge is 2.21. The summed E-state index contributed by atoms with van der Waals surface area (Å²) in [5, 5.41) is 0.562. The van der Waals surface area contributed by atoms with Gasteiger partial charge in [0.05, 0.1) is 11.6 Å². The van der Waals surface area contributed by atoms with Crippen molar-refractivity contribution in [3.05, 3.63) is 34.9 Å². The summed E-state index contributed by atoms with van der Waals surface area (Å²) >= 11 is 6.09. The zero-order valence-electron chi connectivity index (χ0n) is 12.4. The largest absolute Gasteiger partial charge is 0.296 e. The van der Waals surface area contributed by atoms with Crippen molar-refractivity contribution in [1.82, 2.24) is 4.90 Å². The van der Waals surface area contributed by atoms with Gasteiger partial charge in [0.1, 0.15) is 0 Å². The van der Waals surface area contributed by atoms with Crippen LogP contribution in [0.1, 0.15) is 43.5 Å². The van der Waals surface area contributed by atoms with Crippen LogP contribution in [0.3, 0.4) is 0 Å². The molecule has 1 fully saturated rings. The maximum Gasteiger partial charge on any atom is 0.178 e. The predicted molar refractivity (Wildman–Crippen MR) is 84.4 cm³/mol. The molecule has 1 aromatic carbocycles. The molecule has 1 unspecified atom stereocenters. The first-order valence-electron chi connectivity index (χ1n) is 7.58. The van der Waals surface area contributed by atoms with E-state index in [0.717, 1.165) is 24.9 Å². The molecule has 0 radical (unpaired) electrons. The standard InChI is InChI=1S/C17H24ClNO/c1-13(2)14-6-5-10-19(11-9-14)12-17(20)15-7-3-4-8-16(15)18/h3-4,7-8,13-14H,5-6,9-12H2,1-2H3. The fourth-order valence-electron chi connectivity index (χ4n) is 2.98. The lowest BCUT2D eigenvalue weighted by molar-refractivity contribution is 0.0932. The van der Waals surface area contributed by atoms with Crippen molar-refractivity contribution in [3.63, 3.8) is 0 Å². The molecule has 1 aliphatic heterocycles. The van der Waals surface area contributed by atoms with E-state index in [-0.39, 0.29) is 5.78 Å². The van der Waals surface area contributed by atoms with Crippen LogP contribution in [0, 0.1) is 11.8 Å². The Bertz CT molecular complexity index is 458. The lowest BCUT2D eigenvalue weighted by Crippen LogP contribution is -2.31. The van der Waals surface area contributed by atoms with Crippen LogP contribution in [-0.2, 0) is 0 Å². The molecule has 0 spiro atoms. The fraction of sp³-hybridized carbons (Fsp3) is 0.588. The zero-order chi connectivity index (χ0) is 14.5. The van der Waals surface area contributed by atoms with Crippen LogP contribution in [-0.4, -0.2) is 30.3 Å². The van der Waals surface area contributed by atoms with E-state index in [1.54, 1.807) is 6.07 Å². The third kappa shape index (κ3) is 4.07. The second kappa shape index (κ2) is 7.24. The number of halogens is 1. The summed E-state index contributed by atoms with van der Waals surface area (Å²) < 4.78 is 0. The van der Waals surface area contributed by atoms with Gasteiger partial charge in [-0.2, -0.15) is 0 Å². The molecule has 1 atom stereocenters. The molecule has 2 rings (SSSR count). The Morgan fingerprint density at radius 1 is 1.30 bits per heavy atom. The lowest BCUT2D eigenvalue weighted by atomic mass is 9.89. The fourth-order valence-corrected chi connectivity index (χ4v) is 3.22. The molecule has 0 saturated carbocycles. The molecule has 1 aromatic rings. The van der Waals surface area contributed by atoms with Crippen molar-refractivity contribution in [2.24, 2.45) is 11.8 Å². The van der Waals surface area contributed by atoms with Gasteiger partial charge in [0.2, 0.25) is 0 Å². The summed E-state index contributed by atoms with van der Waals surface area (Å²) in [7, 11) is 0. The number of rotatable bonds is 4. The second-order valence-corrected chi connectivity index (χ2v) is 6.52. The van der Waals surface area contributed by atoms with Crippen molar-refractivity contribution < 1.29 is 4.79 Å². The van der Waals surface area contributed by atoms with E-state index in [1.807, 2.05) is 18.2 Å². The Kier molecular flexibility index (Phi) is 5.62. The molecule has 110 valence electrons. The average Bonchev–Trinajstić information content (AvgIpc) is 2.65. The Morgan fingerprint density at radius 3 is 2.75 bits per heavy atom. The monoisotopic (exact) mass is 293 g/mol. The molecule has 1 heterocycles. The predicted octanol–water partition coefficient (Wildman–Crippen LogP) is 4.28. The van der Waals surface area contributed by atoms with Gasteiger partial charge in [-0.05, 0) is 56.3 Å². The van der Waals surface area contributed by atoms with E-state index in [0.29, 0.717) is 17.1 Å². The van der Waals surface area contributed by atoms with Crippen LogP contribution < -0.4 is 0 Å². The number of carbonyl (C=O) groups excluding carboxylic acids is 1. The number of Topliss-reactive ketones (excluding diaryl/α,β-unsaturated/α-hetero) is 1. The highest BCUT2D eigenvalue weighted by Crippen LogP contribution is 2.25. The number of nitrogens with zero attached hydrogens (tertiary/aromatic N) is 1. The maximum atomic E-state index is 12.3. The summed E-state index contributed by atoms with van der Waals surface area (Å²) in [6, 6.07) is 7.33. The summed E-state index contributed by atoms with van der Waals surface area (Å²) in [6.45, 7) is 7.15. The first-order chi connectivity index (χ1) is 9.58. The minimum absolute atomic E-state index is 0.138. The average molecular weight is 294 g/mol. The molecule has 0 bridgehead atoms. The van der Waals surface area contributed by atoms with E-state index in [1.165, 1.54) is 19.3 Å². The molecule has 2 nitrogen and oxygen atoms in total. The number of hydrogen-bond acceptors (Lipinski definition) is 2. The smallest absolute Gasteiger partial charge is 0.178 e. The molecule has 0 N–H and O–H groups in total. The summed E-state index contributed by atoms with van der Waals surface area (Å²) in [4.78, 5) is 14.6. The lowest BCUT2D eigenvalue weighted by Gasteiger charge is -2.20. The number of hydrogen-bond donors (Lipinski definition) is 0. The second-order valence-electron chi connectivity index (χ2n) is 6.11. The molecule has 0 amide bonds. The van der Waals surface area contributed by atoms with Gasteiger partial charge in [0, 0.05) is 5.56 Å². The van der Waals surface area contributed by atoms with Crippen LogP contribution in [0.5, 0.6) is 0 Å². The van der Waals surface area contributed by atoms with Gasteiger partial charge in [0.15, 0.2) is 5.78 Å². The molecule has 3 heteroatoms. The van der Waals surface area contributed by atoms with Crippen molar-refractivity contribution in [3.8, 4) is 0 Å². The van der Waals surface area contributed by atoms with E-state index in [9.17, 15) is 4.79 Å². The third-order valence-corrected chi connectivity index (χ3v) is 4.68. The minimum atomic E-state index is 0.138. The SMILES string of the molecule is CC(C)C1CCCN(CC(=O)c2ccccc2Cl)CC1. The van der Waals surface area contributed by atoms with Gasteiger partial charge < -0.3 is 0 Å². The number of carbonyl (C=O) groups is 1. The van der Waals surface area contributed by atoms with Crippen LogP contribution >= 0.6 is 11.6 Å². The maximum absolute atomic E-state index is 12.3. The van der Waals surface area contributed by atoms with E-state index in [2.05, 4.69) is 18.7 Å². The van der Waals surface area contributed by atoms with Crippen LogP contribution in [0.15, 0.2) is 24.3 Å². The molecular formula is C17H24ClNO. The van der Waals surface area contributed by atoms with E-state index < -0.39 is 0 Å².